The summed E-state index contributed by atoms with van der Waals surface area (Å²) in [5, 5.41) is 3.90. The quantitative estimate of drug-likeness (QED) is 0.440. The third kappa shape index (κ3) is 4.00. The molecule has 1 aliphatic carbocycles. The highest BCUT2D eigenvalue weighted by molar-refractivity contribution is 9.10. The van der Waals surface area contributed by atoms with Gasteiger partial charge in [0.15, 0.2) is 5.78 Å². The maximum absolute atomic E-state index is 12.1. The average Bonchev–Trinajstić information content (AvgIpc) is 2.53. The second kappa shape index (κ2) is 7.57. The number of hydrogen-bond acceptors (Lipinski definition) is 5. The number of carbonyl (C=O) groups is 2. The van der Waals surface area contributed by atoms with Crippen LogP contribution in [0.1, 0.15) is 31.1 Å². The normalized spacial score (nSPS) is 16.1. The predicted octanol–water partition coefficient (Wildman–Crippen LogP) is 4.08. The van der Waals surface area contributed by atoms with Crippen LogP contribution in [0.25, 0.3) is 0 Å². The second-order valence-corrected chi connectivity index (χ2v) is 6.50. The molecule has 5 nitrogen and oxygen atoms in total. The molecule has 0 unspecified atom stereocenters. The van der Waals surface area contributed by atoms with Crippen LogP contribution < -0.4 is 4.74 Å². The topological polar surface area (TPSA) is 65.0 Å². The van der Waals surface area contributed by atoms with Gasteiger partial charge in [0, 0.05) is 5.57 Å². The fourth-order valence-corrected chi connectivity index (χ4v) is 2.71. The standard InChI is InChI=1S/C18H18BrNO4/c1-10(2)13-9-15(11(3)7-16(13)21)20-24-18(22)12-5-6-17(23-4)14(19)8-12/h5-10H,1-4H3/b20-15-. The molecular formula is C18H18BrNO4. The van der Waals surface area contributed by atoms with Gasteiger partial charge < -0.3 is 9.57 Å². The number of ether oxygens (including phenoxy) is 1. The van der Waals surface area contributed by atoms with Crippen molar-refractivity contribution in [2.75, 3.05) is 7.11 Å². The van der Waals surface area contributed by atoms with Crippen molar-refractivity contribution in [3.8, 4) is 5.75 Å². The number of allylic oxidation sites excluding steroid dienone is 4. The largest absolute Gasteiger partial charge is 0.496 e. The van der Waals surface area contributed by atoms with E-state index in [-0.39, 0.29) is 11.7 Å². The van der Waals surface area contributed by atoms with E-state index >= 15 is 0 Å². The number of halogens is 1. The summed E-state index contributed by atoms with van der Waals surface area (Å²) < 4.78 is 5.77. The van der Waals surface area contributed by atoms with E-state index in [2.05, 4.69) is 21.1 Å². The SMILES string of the molecule is COc1ccc(C(=O)O/N=C2/C=C(C(C)C)C(=O)C=C2C)cc1Br. The molecule has 0 N–H and O–H groups in total. The Hall–Kier alpha value is -2.21. The summed E-state index contributed by atoms with van der Waals surface area (Å²) in [6, 6.07) is 4.85. The molecule has 0 spiro atoms. The third-order valence-electron chi connectivity index (χ3n) is 3.56. The number of carbonyl (C=O) groups excluding carboxylic acids is 2. The van der Waals surface area contributed by atoms with Crippen LogP contribution in [-0.4, -0.2) is 24.6 Å². The molecule has 0 heterocycles. The molecule has 0 aromatic heterocycles. The van der Waals surface area contributed by atoms with Crippen LogP contribution in [-0.2, 0) is 9.63 Å². The summed E-state index contributed by atoms with van der Waals surface area (Å²) in [6.07, 6.45) is 3.17. The molecule has 6 heteroatoms. The highest BCUT2D eigenvalue weighted by Crippen LogP contribution is 2.26. The third-order valence-corrected chi connectivity index (χ3v) is 4.18. The molecular weight excluding hydrogens is 374 g/mol. The molecule has 1 aromatic carbocycles. The van der Waals surface area contributed by atoms with Gasteiger partial charge >= 0.3 is 5.97 Å². The first-order valence-electron chi connectivity index (χ1n) is 7.41. The number of hydrogen-bond donors (Lipinski definition) is 0. The Kier molecular flexibility index (Phi) is 5.72. The Morgan fingerprint density at radius 2 is 1.96 bits per heavy atom. The predicted molar refractivity (Wildman–Crippen MR) is 95.2 cm³/mol. The van der Waals surface area contributed by atoms with Gasteiger partial charge in [0.25, 0.3) is 0 Å². The van der Waals surface area contributed by atoms with Crippen molar-refractivity contribution < 1.29 is 19.2 Å². The zero-order valence-electron chi connectivity index (χ0n) is 13.9. The molecule has 0 amide bonds. The van der Waals surface area contributed by atoms with Crippen LogP contribution >= 0.6 is 15.9 Å². The van der Waals surface area contributed by atoms with Crippen molar-refractivity contribution >= 4 is 33.4 Å². The lowest BCUT2D eigenvalue weighted by atomic mass is 9.90. The Morgan fingerprint density at radius 1 is 1.25 bits per heavy atom. The second-order valence-electron chi connectivity index (χ2n) is 5.65. The zero-order valence-corrected chi connectivity index (χ0v) is 15.5. The van der Waals surface area contributed by atoms with Crippen molar-refractivity contribution in [1.29, 1.82) is 0 Å². The van der Waals surface area contributed by atoms with E-state index < -0.39 is 5.97 Å². The first-order chi connectivity index (χ1) is 11.3. The van der Waals surface area contributed by atoms with Gasteiger partial charge in [-0.2, -0.15) is 0 Å². The van der Waals surface area contributed by atoms with E-state index in [1.807, 2.05) is 13.8 Å². The molecule has 1 aliphatic rings. The van der Waals surface area contributed by atoms with Crippen LogP contribution in [0, 0.1) is 5.92 Å². The maximum Gasteiger partial charge on any atom is 0.365 e. The minimum absolute atomic E-state index is 0.0353. The molecule has 0 saturated heterocycles. The molecule has 0 bridgehead atoms. The van der Waals surface area contributed by atoms with Gasteiger partial charge in [0.2, 0.25) is 0 Å². The first kappa shape index (κ1) is 18.1. The number of nitrogens with zero attached hydrogens (tertiary/aromatic N) is 1. The molecule has 126 valence electrons. The number of ketones is 1. The summed E-state index contributed by atoms with van der Waals surface area (Å²) in [5.41, 5.74) is 2.11. The Morgan fingerprint density at radius 3 is 2.54 bits per heavy atom. The Balaban J connectivity index is 2.20. The monoisotopic (exact) mass is 391 g/mol. The minimum Gasteiger partial charge on any atom is -0.496 e. The lowest BCUT2D eigenvalue weighted by molar-refractivity contribution is -0.111. The molecule has 0 radical (unpaired) electrons. The lowest BCUT2D eigenvalue weighted by Crippen LogP contribution is -2.16. The lowest BCUT2D eigenvalue weighted by Gasteiger charge is -2.14. The van der Waals surface area contributed by atoms with E-state index in [0.717, 1.165) is 0 Å². The molecule has 0 saturated carbocycles. The number of benzene rings is 1. The first-order valence-corrected chi connectivity index (χ1v) is 8.20. The smallest absolute Gasteiger partial charge is 0.365 e. The Bertz CT molecular complexity index is 775. The van der Waals surface area contributed by atoms with Gasteiger partial charge in [0.1, 0.15) is 11.5 Å². The van der Waals surface area contributed by atoms with E-state index in [1.165, 1.54) is 6.08 Å². The van der Waals surface area contributed by atoms with Crippen molar-refractivity contribution in [1.82, 2.24) is 0 Å². The summed E-state index contributed by atoms with van der Waals surface area (Å²) in [7, 11) is 1.54. The highest BCUT2D eigenvalue weighted by atomic mass is 79.9. The molecule has 24 heavy (non-hydrogen) atoms. The summed E-state index contributed by atoms with van der Waals surface area (Å²) >= 11 is 3.32. The van der Waals surface area contributed by atoms with E-state index in [4.69, 9.17) is 9.57 Å². The summed E-state index contributed by atoms with van der Waals surface area (Å²) in [6.45, 7) is 5.61. The van der Waals surface area contributed by atoms with E-state index in [1.54, 1.807) is 38.3 Å². The number of oxime groups is 1. The molecule has 0 fully saturated rings. The van der Waals surface area contributed by atoms with Gasteiger partial charge in [-0.3, -0.25) is 4.79 Å². The summed E-state index contributed by atoms with van der Waals surface area (Å²) in [5.74, 6) is 0.0640. The molecule has 2 rings (SSSR count). The van der Waals surface area contributed by atoms with Gasteiger partial charge in [-0.25, -0.2) is 4.79 Å². The number of rotatable bonds is 4. The maximum atomic E-state index is 12.1. The number of methoxy groups -OCH3 is 1. The minimum atomic E-state index is -0.588. The zero-order chi connectivity index (χ0) is 17.9. The van der Waals surface area contributed by atoms with E-state index in [9.17, 15) is 9.59 Å². The van der Waals surface area contributed by atoms with Crippen LogP contribution in [0.2, 0.25) is 0 Å². The Labute approximate surface area is 149 Å². The van der Waals surface area contributed by atoms with Gasteiger partial charge in [-0.05, 0) is 64.7 Å². The van der Waals surface area contributed by atoms with Crippen molar-refractivity contribution in [3.63, 3.8) is 0 Å². The van der Waals surface area contributed by atoms with E-state index in [0.29, 0.717) is 32.6 Å². The average molecular weight is 392 g/mol. The fourth-order valence-electron chi connectivity index (χ4n) is 2.17. The molecule has 0 atom stereocenters. The van der Waals surface area contributed by atoms with Crippen molar-refractivity contribution in [3.05, 3.63) is 51.5 Å². The van der Waals surface area contributed by atoms with Crippen molar-refractivity contribution in [2.45, 2.75) is 20.8 Å². The highest BCUT2D eigenvalue weighted by Gasteiger charge is 2.19. The molecule has 1 aromatic rings. The van der Waals surface area contributed by atoms with Gasteiger partial charge in [-0.15, -0.1) is 0 Å². The summed E-state index contributed by atoms with van der Waals surface area (Å²) in [4.78, 5) is 29.1. The van der Waals surface area contributed by atoms with Gasteiger partial charge in [-0.1, -0.05) is 19.0 Å². The van der Waals surface area contributed by atoms with Crippen LogP contribution in [0.15, 0.2) is 51.1 Å². The fraction of sp³-hybridized carbons (Fsp3) is 0.278. The van der Waals surface area contributed by atoms with Crippen LogP contribution in [0.5, 0.6) is 5.75 Å². The molecule has 0 aliphatic heterocycles. The van der Waals surface area contributed by atoms with Crippen LogP contribution in [0.4, 0.5) is 0 Å². The van der Waals surface area contributed by atoms with Crippen molar-refractivity contribution in [2.24, 2.45) is 11.1 Å². The van der Waals surface area contributed by atoms with Gasteiger partial charge in [0.05, 0.1) is 17.1 Å². The van der Waals surface area contributed by atoms with Crippen LogP contribution in [0.3, 0.4) is 0 Å².